The van der Waals surface area contributed by atoms with Crippen LogP contribution < -0.4 is 14.8 Å². The smallest absolute Gasteiger partial charge is 0.172 e. The molecule has 2 aliphatic rings. The number of methoxy groups -OCH3 is 1. The molecule has 2 aromatic carbocycles. The molecular formula is C28H27NO4S. The number of aliphatic hydroxyl groups is 1. The predicted molar refractivity (Wildman–Crippen MR) is 139 cm³/mol. The fourth-order valence-electron chi connectivity index (χ4n) is 4.89. The average molecular weight is 474 g/mol. The second-order valence-corrected chi connectivity index (χ2v) is 10.1. The molecule has 0 spiro atoms. The van der Waals surface area contributed by atoms with Crippen LogP contribution in [0.15, 0.2) is 54.4 Å². The molecule has 3 heterocycles. The van der Waals surface area contributed by atoms with Gasteiger partial charge in [-0.1, -0.05) is 18.2 Å². The van der Waals surface area contributed by atoms with Crippen molar-refractivity contribution in [3.05, 3.63) is 76.0 Å². The number of thiophene rings is 1. The normalized spacial score (nSPS) is 17.4. The van der Waals surface area contributed by atoms with E-state index in [0.717, 1.165) is 38.4 Å². The van der Waals surface area contributed by atoms with Gasteiger partial charge in [0.05, 0.1) is 24.3 Å². The van der Waals surface area contributed by atoms with Gasteiger partial charge in [0.2, 0.25) is 0 Å². The Kier molecular flexibility index (Phi) is 5.30. The molecule has 3 aromatic rings. The van der Waals surface area contributed by atoms with E-state index in [4.69, 9.17) is 9.47 Å². The van der Waals surface area contributed by atoms with Crippen molar-refractivity contribution in [2.75, 3.05) is 12.4 Å². The van der Waals surface area contributed by atoms with E-state index in [0.29, 0.717) is 22.8 Å². The maximum absolute atomic E-state index is 10.5. The number of rotatable bonds is 4. The molecule has 3 N–H and O–H groups in total. The number of aromatic hydroxyl groups is 1. The number of aliphatic hydroxyl groups excluding tert-OH is 1. The minimum atomic E-state index is -0.765. The van der Waals surface area contributed by atoms with Crippen LogP contribution in [0.5, 0.6) is 17.2 Å². The molecular weight excluding hydrogens is 446 g/mol. The zero-order valence-corrected chi connectivity index (χ0v) is 20.4. The van der Waals surface area contributed by atoms with Crippen LogP contribution in [0.1, 0.15) is 48.4 Å². The predicted octanol–water partition coefficient (Wildman–Crippen LogP) is 6.85. The number of hydrogen-bond acceptors (Lipinski definition) is 6. The number of ether oxygens (including phenoxy) is 2. The van der Waals surface area contributed by atoms with Crippen LogP contribution in [0.3, 0.4) is 0 Å². The molecule has 6 heteroatoms. The summed E-state index contributed by atoms with van der Waals surface area (Å²) in [6.07, 6.45) is 4.93. The molecule has 174 valence electrons. The Bertz CT molecular complexity index is 1380. The van der Waals surface area contributed by atoms with Crippen LogP contribution in [0.25, 0.3) is 28.5 Å². The van der Waals surface area contributed by atoms with Gasteiger partial charge in [-0.25, -0.2) is 0 Å². The highest BCUT2D eigenvalue weighted by Gasteiger charge is 2.33. The molecule has 1 aromatic heterocycles. The molecule has 0 saturated carbocycles. The SMILES string of the molecule is C=CC(O)c1ccsc1C=C1Oc2ccc(O)c(OC)c2-c2ccc3c(c21)C(C)=CC(C)(C)N3. The minimum absolute atomic E-state index is 0.0575. The van der Waals surface area contributed by atoms with E-state index < -0.39 is 6.10 Å². The number of nitrogens with one attached hydrogen (secondary N) is 1. The van der Waals surface area contributed by atoms with Crippen molar-refractivity contribution in [3.8, 4) is 28.4 Å². The summed E-state index contributed by atoms with van der Waals surface area (Å²) >= 11 is 1.53. The first kappa shape index (κ1) is 22.3. The van der Waals surface area contributed by atoms with Gasteiger partial charge in [-0.2, -0.15) is 0 Å². The fourth-order valence-corrected chi connectivity index (χ4v) is 5.75. The van der Waals surface area contributed by atoms with Gasteiger partial charge in [0.25, 0.3) is 0 Å². The van der Waals surface area contributed by atoms with Crippen molar-refractivity contribution in [1.29, 1.82) is 0 Å². The van der Waals surface area contributed by atoms with Gasteiger partial charge in [-0.15, -0.1) is 17.9 Å². The quantitative estimate of drug-likeness (QED) is 0.362. The highest BCUT2D eigenvalue weighted by atomic mass is 32.1. The Morgan fingerprint density at radius 1 is 1.15 bits per heavy atom. The lowest BCUT2D eigenvalue weighted by Crippen LogP contribution is -2.32. The lowest BCUT2D eigenvalue weighted by atomic mass is 9.83. The molecule has 0 saturated heterocycles. The summed E-state index contributed by atoms with van der Waals surface area (Å²) in [7, 11) is 1.54. The molecule has 0 aliphatic carbocycles. The third-order valence-corrected chi connectivity index (χ3v) is 7.08. The highest BCUT2D eigenvalue weighted by Crippen LogP contribution is 2.54. The van der Waals surface area contributed by atoms with Crippen LogP contribution in [0.4, 0.5) is 5.69 Å². The lowest BCUT2D eigenvalue weighted by molar-refractivity contribution is 0.229. The molecule has 1 unspecified atom stereocenters. The van der Waals surface area contributed by atoms with E-state index in [1.54, 1.807) is 19.2 Å². The molecule has 0 bridgehead atoms. The summed E-state index contributed by atoms with van der Waals surface area (Å²) in [6.45, 7) is 10.1. The van der Waals surface area contributed by atoms with Crippen LogP contribution in [0, 0.1) is 0 Å². The Hall–Kier alpha value is -3.48. The average Bonchev–Trinajstić information content (AvgIpc) is 3.25. The van der Waals surface area contributed by atoms with Gasteiger partial charge in [0.15, 0.2) is 11.5 Å². The van der Waals surface area contributed by atoms with E-state index >= 15 is 0 Å². The number of allylic oxidation sites excluding steroid dienone is 1. The Labute approximate surface area is 203 Å². The summed E-state index contributed by atoms with van der Waals surface area (Å²) in [6, 6.07) is 9.34. The van der Waals surface area contributed by atoms with Gasteiger partial charge >= 0.3 is 0 Å². The number of phenols is 1. The summed E-state index contributed by atoms with van der Waals surface area (Å²) in [5.74, 6) is 1.70. The first-order valence-electron chi connectivity index (χ1n) is 11.1. The lowest BCUT2D eigenvalue weighted by Gasteiger charge is -2.35. The van der Waals surface area contributed by atoms with Crippen molar-refractivity contribution >= 4 is 34.4 Å². The standard InChI is InChI=1S/C28H27NO4S/c1-6-19(30)16-11-12-34-23(16)13-22-25-17(26-21(33-22)10-9-20(31)27(26)32-5)7-8-18-24(25)15(2)14-28(3,4)29-18/h6-14,19,29-31H,1H2,2-5H3. The summed E-state index contributed by atoms with van der Waals surface area (Å²) in [4.78, 5) is 0.894. The topological polar surface area (TPSA) is 71.0 Å². The monoisotopic (exact) mass is 473 g/mol. The van der Waals surface area contributed by atoms with Crippen molar-refractivity contribution < 1.29 is 19.7 Å². The van der Waals surface area contributed by atoms with E-state index in [2.05, 4.69) is 44.8 Å². The van der Waals surface area contributed by atoms with Crippen LogP contribution in [0.2, 0.25) is 0 Å². The molecule has 1 atom stereocenters. The highest BCUT2D eigenvalue weighted by molar-refractivity contribution is 7.11. The van der Waals surface area contributed by atoms with Gasteiger partial charge in [-0.3, -0.25) is 0 Å². The summed E-state index contributed by atoms with van der Waals surface area (Å²) in [5.41, 5.74) is 6.32. The molecule has 34 heavy (non-hydrogen) atoms. The summed E-state index contributed by atoms with van der Waals surface area (Å²) in [5, 5.41) is 26.5. The van der Waals surface area contributed by atoms with Crippen molar-refractivity contribution in [3.63, 3.8) is 0 Å². The number of hydrogen-bond donors (Lipinski definition) is 3. The van der Waals surface area contributed by atoms with Crippen molar-refractivity contribution in [2.45, 2.75) is 32.4 Å². The van der Waals surface area contributed by atoms with E-state index in [9.17, 15) is 10.2 Å². The number of phenolic OH excluding ortho intramolecular Hbond substituents is 1. The largest absolute Gasteiger partial charge is 0.504 e. The number of fused-ring (bicyclic) bond motifs is 5. The molecule has 5 rings (SSSR count). The van der Waals surface area contributed by atoms with Gasteiger partial charge in [0, 0.05) is 32.8 Å². The first-order chi connectivity index (χ1) is 16.2. The second-order valence-electron chi connectivity index (χ2n) is 9.11. The van der Waals surface area contributed by atoms with E-state index in [1.165, 1.54) is 17.4 Å². The van der Waals surface area contributed by atoms with Gasteiger partial charge < -0.3 is 25.0 Å². The van der Waals surface area contributed by atoms with Crippen LogP contribution in [-0.4, -0.2) is 22.9 Å². The zero-order chi connectivity index (χ0) is 24.2. The fraction of sp³-hybridized carbons (Fsp3) is 0.214. The maximum atomic E-state index is 10.5. The third-order valence-electron chi connectivity index (χ3n) is 6.20. The number of anilines is 1. The van der Waals surface area contributed by atoms with E-state index in [1.807, 2.05) is 23.6 Å². The summed E-state index contributed by atoms with van der Waals surface area (Å²) < 4.78 is 12.1. The Balaban J connectivity index is 1.82. The molecule has 5 nitrogen and oxygen atoms in total. The van der Waals surface area contributed by atoms with Crippen molar-refractivity contribution in [2.24, 2.45) is 0 Å². The minimum Gasteiger partial charge on any atom is -0.504 e. The van der Waals surface area contributed by atoms with Crippen LogP contribution >= 0.6 is 11.3 Å². The third kappa shape index (κ3) is 3.50. The second kappa shape index (κ2) is 8.08. The number of benzene rings is 2. The zero-order valence-electron chi connectivity index (χ0n) is 19.6. The van der Waals surface area contributed by atoms with Gasteiger partial charge in [-0.05, 0) is 62.1 Å². The molecule has 0 radical (unpaired) electrons. The molecule has 2 aliphatic heterocycles. The van der Waals surface area contributed by atoms with Crippen LogP contribution in [-0.2, 0) is 0 Å². The first-order valence-corrected chi connectivity index (χ1v) is 12.0. The van der Waals surface area contributed by atoms with E-state index in [-0.39, 0.29) is 11.3 Å². The Morgan fingerprint density at radius 3 is 2.68 bits per heavy atom. The molecule has 0 fully saturated rings. The van der Waals surface area contributed by atoms with Gasteiger partial charge in [0.1, 0.15) is 11.5 Å². The Morgan fingerprint density at radius 2 is 1.94 bits per heavy atom. The van der Waals surface area contributed by atoms with Crippen molar-refractivity contribution in [1.82, 2.24) is 0 Å². The maximum Gasteiger partial charge on any atom is 0.172 e. The molecule has 0 amide bonds.